The van der Waals surface area contributed by atoms with E-state index < -0.39 is 0 Å². The van der Waals surface area contributed by atoms with Crippen molar-refractivity contribution in [3.8, 4) is 5.75 Å². The lowest BCUT2D eigenvalue weighted by Crippen LogP contribution is -1.97. The highest BCUT2D eigenvalue weighted by molar-refractivity contribution is 5.36. The standard InChI is InChI=1S/C25H40O/c1-3-25(18-19-25)15-8-5-4-6-11-22-13-12-21(20-23(22)26)10-7-9-14-24(2)16-17-24/h12-13,20,26H,3-11,14-19H2,1-2H3. The lowest BCUT2D eigenvalue weighted by Gasteiger charge is -2.11. The Labute approximate surface area is 161 Å². The molecule has 2 saturated carbocycles. The second-order valence-corrected chi connectivity index (χ2v) is 9.75. The Hall–Kier alpha value is -0.980. The van der Waals surface area contributed by atoms with Crippen LogP contribution in [-0.4, -0.2) is 5.11 Å². The molecule has 0 radical (unpaired) electrons. The van der Waals surface area contributed by atoms with E-state index >= 15 is 0 Å². The van der Waals surface area contributed by atoms with Gasteiger partial charge in [0.25, 0.3) is 0 Å². The molecule has 26 heavy (non-hydrogen) atoms. The number of unbranched alkanes of at least 4 members (excludes halogenated alkanes) is 4. The lowest BCUT2D eigenvalue weighted by atomic mass is 9.94. The van der Waals surface area contributed by atoms with Crippen LogP contribution in [0.1, 0.15) is 108 Å². The molecule has 1 aromatic rings. The van der Waals surface area contributed by atoms with Crippen LogP contribution in [0.5, 0.6) is 5.75 Å². The van der Waals surface area contributed by atoms with Crippen LogP contribution in [0.2, 0.25) is 0 Å². The molecule has 0 saturated heterocycles. The Morgan fingerprint density at radius 3 is 2.19 bits per heavy atom. The van der Waals surface area contributed by atoms with Gasteiger partial charge in [-0.15, -0.1) is 0 Å². The number of aromatic hydroxyl groups is 1. The van der Waals surface area contributed by atoms with E-state index in [1.165, 1.54) is 89.0 Å². The average Bonchev–Trinajstić information content (AvgIpc) is 3.55. The first-order valence-electron chi connectivity index (χ1n) is 11.4. The summed E-state index contributed by atoms with van der Waals surface area (Å²) in [5.41, 5.74) is 3.89. The van der Waals surface area contributed by atoms with Crippen molar-refractivity contribution >= 4 is 0 Å². The molecule has 0 aliphatic heterocycles. The number of phenols is 1. The van der Waals surface area contributed by atoms with E-state index in [1.54, 1.807) is 0 Å². The average molecular weight is 357 g/mol. The molecule has 2 aliphatic carbocycles. The molecule has 0 heterocycles. The van der Waals surface area contributed by atoms with Crippen LogP contribution in [0.15, 0.2) is 18.2 Å². The van der Waals surface area contributed by atoms with Gasteiger partial charge in [0.15, 0.2) is 0 Å². The van der Waals surface area contributed by atoms with Gasteiger partial charge in [0.05, 0.1) is 0 Å². The second kappa shape index (κ2) is 8.81. The van der Waals surface area contributed by atoms with Crippen molar-refractivity contribution in [1.29, 1.82) is 0 Å². The molecule has 3 rings (SSSR count). The zero-order valence-electron chi connectivity index (χ0n) is 17.3. The number of aryl methyl sites for hydroxylation is 2. The Bertz CT molecular complexity index is 566. The third-order valence-electron chi connectivity index (χ3n) is 7.36. The van der Waals surface area contributed by atoms with E-state index in [1.807, 2.05) is 6.07 Å². The molecule has 1 N–H and O–H groups in total. The van der Waals surface area contributed by atoms with Crippen LogP contribution in [-0.2, 0) is 12.8 Å². The quantitative estimate of drug-likeness (QED) is 0.361. The zero-order chi connectivity index (χ0) is 18.5. The number of phenolic OH excluding ortho intramolecular Hbond substituents is 1. The van der Waals surface area contributed by atoms with Gasteiger partial charge in [0.1, 0.15) is 5.75 Å². The summed E-state index contributed by atoms with van der Waals surface area (Å²) >= 11 is 0. The van der Waals surface area contributed by atoms with E-state index in [9.17, 15) is 5.11 Å². The minimum atomic E-state index is 0.527. The number of hydrogen-bond acceptors (Lipinski definition) is 1. The Morgan fingerprint density at radius 1 is 0.846 bits per heavy atom. The molecular formula is C25H40O. The highest BCUT2D eigenvalue weighted by atomic mass is 16.3. The zero-order valence-corrected chi connectivity index (χ0v) is 17.3. The third kappa shape index (κ3) is 6.03. The van der Waals surface area contributed by atoms with Crippen LogP contribution >= 0.6 is 0 Å². The van der Waals surface area contributed by atoms with Crippen LogP contribution < -0.4 is 0 Å². The smallest absolute Gasteiger partial charge is 0.119 e. The molecule has 146 valence electrons. The molecule has 0 aromatic heterocycles. The summed E-state index contributed by atoms with van der Waals surface area (Å²) in [6.07, 6.45) is 20.0. The predicted molar refractivity (Wildman–Crippen MR) is 112 cm³/mol. The van der Waals surface area contributed by atoms with Crippen LogP contribution in [0.25, 0.3) is 0 Å². The van der Waals surface area contributed by atoms with Gasteiger partial charge in [-0.05, 0) is 92.2 Å². The first-order valence-corrected chi connectivity index (χ1v) is 11.4. The molecule has 0 spiro atoms. The van der Waals surface area contributed by atoms with Crippen molar-refractivity contribution in [2.75, 3.05) is 0 Å². The fourth-order valence-electron chi connectivity index (χ4n) is 4.45. The van der Waals surface area contributed by atoms with Crippen molar-refractivity contribution in [3.05, 3.63) is 29.3 Å². The van der Waals surface area contributed by atoms with E-state index in [2.05, 4.69) is 26.0 Å². The molecule has 0 unspecified atom stereocenters. The molecule has 2 fully saturated rings. The number of hydrogen-bond donors (Lipinski definition) is 1. The molecule has 2 aliphatic rings. The normalized spacial score (nSPS) is 19.5. The largest absolute Gasteiger partial charge is 0.508 e. The first-order chi connectivity index (χ1) is 12.5. The van der Waals surface area contributed by atoms with E-state index in [4.69, 9.17) is 0 Å². The van der Waals surface area contributed by atoms with Crippen LogP contribution in [0.4, 0.5) is 0 Å². The van der Waals surface area contributed by atoms with Crippen molar-refractivity contribution in [2.24, 2.45) is 10.8 Å². The maximum atomic E-state index is 10.3. The fourth-order valence-corrected chi connectivity index (χ4v) is 4.45. The van der Waals surface area contributed by atoms with Gasteiger partial charge in [0, 0.05) is 0 Å². The molecule has 0 bridgehead atoms. The molecule has 0 amide bonds. The SMILES string of the molecule is CCC1(CCCCCCc2ccc(CCCCC3(C)CC3)cc2O)CC1. The summed E-state index contributed by atoms with van der Waals surface area (Å²) in [6.45, 7) is 4.77. The van der Waals surface area contributed by atoms with Crippen molar-refractivity contribution in [1.82, 2.24) is 0 Å². The van der Waals surface area contributed by atoms with Crippen LogP contribution in [0.3, 0.4) is 0 Å². The van der Waals surface area contributed by atoms with Crippen molar-refractivity contribution in [2.45, 2.75) is 110 Å². The van der Waals surface area contributed by atoms with Crippen LogP contribution in [0, 0.1) is 10.8 Å². The molecule has 1 nitrogen and oxygen atoms in total. The number of rotatable bonds is 13. The van der Waals surface area contributed by atoms with E-state index in [0.717, 1.165) is 23.8 Å². The minimum absolute atomic E-state index is 0.527. The summed E-state index contributed by atoms with van der Waals surface area (Å²) in [5.74, 6) is 0.527. The summed E-state index contributed by atoms with van der Waals surface area (Å²) in [7, 11) is 0. The minimum Gasteiger partial charge on any atom is -0.508 e. The van der Waals surface area contributed by atoms with E-state index in [0.29, 0.717) is 11.2 Å². The maximum Gasteiger partial charge on any atom is 0.119 e. The van der Waals surface area contributed by atoms with Gasteiger partial charge in [-0.1, -0.05) is 58.1 Å². The fraction of sp³-hybridized carbons (Fsp3) is 0.760. The third-order valence-corrected chi connectivity index (χ3v) is 7.36. The molecule has 1 aromatic carbocycles. The predicted octanol–water partition coefficient (Wildman–Crippen LogP) is 7.59. The summed E-state index contributed by atoms with van der Waals surface area (Å²) in [4.78, 5) is 0. The summed E-state index contributed by atoms with van der Waals surface area (Å²) in [6, 6.07) is 6.43. The Kier molecular flexibility index (Phi) is 6.70. The molecule has 1 heteroatoms. The summed E-state index contributed by atoms with van der Waals surface area (Å²) < 4.78 is 0. The van der Waals surface area contributed by atoms with E-state index in [-0.39, 0.29) is 0 Å². The Balaban J connectivity index is 1.28. The first kappa shape index (κ1) is 19.8. The van der Waals surface area contributed by atoms with Gasteiger partial charge >= 0.3 is 0 Å². The highest BCUT2D eigenvalue weighted by Crippen LogP contribution is 2.52. The van der Waals surface area contributed by atoms with Gasteiger partial charge in [-0.2, -0.15) is 0 Å². The summed E-state index contributed by atoms with van der Waals surface area (Å²) in [5, 5.41) is 10.3. The Morgan fingerprint density at radius 2 is 1.54 bits per heavy atom. The van der Waals surface area contributed by atoms with Gasteiger partial charge < -0.3 is 5.11 Å². The highest BCUT2D eigenvalue weighted by Gasteiger charge is 2.39. The monoisotopic (exact) mass is 356 g/mol. The second-order valence-electron chi connectivity index (χ2n) is 9.75. The van der Waals surface area contributed by atoms with Gasteiger partial charge in [-0.3, -0.25) is 0 Å². The molecular weight excluding hydrogens is 316 g/mol. The lowest BCUT2D eigenvalue weighted by molar-refractivity contribution is 0.419. The number of benzene rings is 1. The van der Waals surface area contributed by atoms with Crippen molar-refractivity contribution in [3.63, 3.8) is 0 Å². The van der Waals surface area contributed by atoms with Crippen molar-refractivity contribution < 1.29 is 5.11 Å². The topological polar surface area (TPSA) is 20.2 Å². The maximum absolute atomic E-state index is 10.3. The van der Waals surface area contributed by atoms with Gasteiger partial charge in [0.2, 0.25) is 0 Å². The van der Waals surface area contributed by atoms with Gasteiger partial charge in [-0.25, -0.2) is 0 Å². The molecule has 0 atom stereocenters.